The number of benzene rings is 1. The van der Waals surface area contributed by atoms with Gasteiger partial charge in [-0.3, -0.25) is 0 Å². The van der Waals surface area contributed by atoms with E-state index in [2.05, 4.69) is 58.1 Å². The van der Waals surface area contributed by atoms with Gasteiger partial charge in [-0.05, 0) is 43.9 Å². The Morgan fingerprint density at radius 1 is 1.17 bits per heavy atom. The molecule has 0 bridgehead atoms. The van der Waals surface area contributed by atoms with Crippen LogP contribution >= 0.6 is 0 Å². The summed E-state index contributed by atoms with van der Waals surface area (Å²) in [6.07, 6.45) is 0. The number of methoxy groups -OCH3 is 1. The van der Waals surface area contributed by atoms with Crippen molar-refractivity contribution in [2.24, 2.45) is 11.8 Å². The van der Waals surface area contributed by atoms with E-state index in [4.69, 9.17) is 4.74 Å². The Bertz CT molecular complexity index is 373. The molecule has 0 amide bonds. The summed E-state index contributed by atoms with van der Waals surface area (Å²) in [4.78, 5) is 0. The highest BCUT2D eigenvalue weighted by molar-refractivity contribution is 5.39. The average molecular weight is 249 g/mol. The van der Waals surface area contributed by atoms with Crippen molar-refractivity contribution in [2.45, 2.75) is 40.7 Å². The van der Waals surface area contributed by atoms with Crippen LogP contribution in [0, 0.1) is 18.8 Å². The zero-order chi connectivity index (χ0) is 13.7. The van der Waals surface area contributed by atoms with Crippen LogP contribution in [-0.2, 0) is 0 Å². The molecular formula is C16H27NO. The lowest BCUT2D eigenvalue weighted by Crippen LogP contribution is -2.27. The van der Waals surface area contributed by atoms with E-state index in [9.17, 15) is 0 Å². The first-order valence-corrected chi connectivity index (χ1v) is 6.83. The van der Waals surface area contributed by atoms with Crippen LogP contribution in [0.25, 0.3) is 0 Å². The lowest BCUT2D eigenvalue weighted by Gasteiger charge is -2.22. The van der Waals surface area contributed by atoms with Gasteiger partial charge in [0.05, 0.1) is 7.11 Å². The molecule has 0 spiro atoms. The zero-order valence-electron chi connectivity index (χ0n) is 12.6. The van der Waals surface area contributed by atoms with Crippen molar-refractivity contribution in [3.8, 4) is 5.75 Å². The first kappa shape index (κ1) is 15.0. The molecule has 0 fully saturated rings. The predicted octanol–water partition coefficient (Wildman–Crippen LogP) is 3.95. The molecule has 1 aromatic rings. The molecule has 1 N–H and O–H groups in total. The van der Waals surface area contributed by atoms with Crippen LogP contribution in [0.2, 0.25) is 0 Å². The molecule has 102 valence electrons. The zero-order valence-corrected chi connectivity index (χ0v) is 12.6. The van der Waals surface area contributed by atoms with E-state index in [1.54, 1.807) is 7.11 Å². The summed E-state index contributed by atoms with van der Waals surface area (Å²) < 4.78 is 5.46. The van der Waals surface area contributed by atoms with Gasteiger partial charge in [0.15, 0.2) is 0 Å². The molecule has 0 aromatic heterocycles. The van der Waals surface area contributed by atoms with Crippen molar-refractivity contribution in [1.82, 2.24) is 5.32 Å². The van der Waals surface area contributed by atoms with Gasteiger partial charge in [-0.15, -0.1) is 0 Å². The third kappa shape index (κ3) is 4.02. The second-order valence-corrected chi connectivity index (χ2v) is 5.60. The third-order valence-corrected chi connectivity index (χ3v) is 3.74. The standard InChI is InChI=1S/C16H27NO/c1-11(2)13(4)10-17-14(5)15-8-7-12(3)9-16(15)18-6/h7-9,11,13-14,17H,10H2,1-6H3. The minimum atomic E-state index is 0.321. The maximum absolute atomic E-state index is 5.46. The maximum atomic E-state index is 5.46. The second kappa shape index (κ2) is 6.79. The van der Waals surface area contributed by atoms with Gasteiger partial charge in [-0.25, -0.2) is 0 Å². The predicted molar refractivity (Wildman–Crippen MR) is 78.2 cm³/mol. The molecule has 1 rings (SSSR count). The van der Waals surface area contributed by atoms with E-state index in [0.717, 1.165) is 12.3 Å². The summed E-state index contributed by atoms with van der Waals surface area (Å²) >= 11 is 0. The average Bonchev–Trinajstić information content (AvgIpc) is 2.34. The summed E-state index contributed by atoms with van der Waals surface area (Å²) in [6.45, 7) is 12.1. The lowest BCUT2D eigenvalue weighted by molar-refractivity contribution is 0.366. The van der Waals surface area contributed by atoms with Crippen LogP contribution < -0.4 is 10.1 Å². The number of aryl methyl sites for hydroxylation is 1. The summed E-state index contributed by atoms with van der Waals surface area (Å²) in [7, 11) is 1.74. The molecule has 18 heavy (non-hydrogen) atoms. The summed E-state index contributed by atoms with van der Waals surface area (Å²) in [5, 5.41) is 3.59. The largest absolute Gasteiger partial charge is 0.496 e. The molecule has 0 saturated heterocycles. The summed E-state index contributed by atoms with van der Waals surface area (Å²) in [5.74, 6) is 2.38. The highest BCUT2D eigenvalue weighted by Gasteiger charge is 2.13. The monoisotopic (exact) mass is 249 g/mol. The Balaban J connectivity index is 2.69. The van der Waals surface area contributed by atoms with E-state index < -0.39 is 0 Å². The molecule has 2 heteroatoms. The first-order chi connectivity index (χ1) is 8.45. The van der Waals surface area contributed by atoms with Gasteiger partial charge in [0.25, 0.3) is 0 Å². The molecule has 0 aliphatic heterocycles. The van der Waals surface area contributed by atoms with Crippen molar-refractivity contribution in [2.75, 3.05) is 13.7 Å². The van der Waals surface area contributed by atoms with Gasteiger partial charge < -0.3 is 10.1 Å². The molecule has 0 radical (unpaired) electrons. The van der Waals surface area contributed by atoms with Crippen molar-refractivity contribution in [3.63, 3.8) is 0 Å². The van der Waals surface area contributed by atoms with Crippen LogP contribution in [0.1, 0.15) is 44.9 Å². The van der Waals surface area contributed by atoms with Crippen LogP contribution in [0.15, 0.2) is 18.2 Å². The van der Waals surface area contributed by atoms with Gasteiger partial charge >= 0.3 is 0 Å². The van der Waals surface area contributed by atoms with Gasteiger partial charge in [0.1, 0.15) is 5.75 Å². The van der Waals surface area contributed by atoms with E-state index >= 15 is 0 Å². The van der Waals surface area contributed by atoms with Crippen molar-refractivity contribution in [1.29, 1.82) is 0 Å². The molecule has 1 aromatic carbocycles. The van der Waals surface area contributed by atoms with Gasteiger partial charge in [-0.2, -0.15) is 0 Å². The molecule has 0 aliphatic rings. The fourth-order valence-electron chi connectivity index (χ4n) is 1.88. The van der Waals surface area contributed by atoms with Crippen LogP contribution in [0.5, 0.6) is 5.75 Å². The van der Waals surface area contributed by atoms with Crippen molar-refractivity contribution in [3.05, 3.63) is 29.3 Å². The Morgan fingerprint density at radius 3 is 2.39 bits per heavy atom. The number of rotatable bonds is 6. The number of hydrogen-bond acceptors (Lipinski definition) is 2. The molecule has 0 saturated carbocycles. The molecule has 2 atom stereocenters. The minimum absolute atomic E-state index is 0.321. The maximum Gasteiger partial charge on any atom is 0.123 e. The number of nitrogens with one attached hydrogen (secondary N) is 1. The van der Waals surface area contributed by atoms with Gasteiger partial charge in [0, 0.05) is 11.6 Å². The molecule has 2 nitrogen and oxygen atoms in total. The van der Waals surface area contributed by atoms with Gasteiger partial charge in [-0.1, -0.05) is 32.9 Å². The van der Waals surface area contributed by atoms with Gasteiger partial charge in [0.2, 0.25) is 0 Å². The Hall–Kier alpha value is -1.02. The van der Waals surface area contributed by atoms with E-state index in [-0.39, 0.29) is 0 Å². The van der Waals surface area contributed by atoms with E-state index in [1.807, 2.05) is 0 Å². The molecule has 0 aliphatic carbocycles. The molecular weight excluding hydrogens is 222 g/mol. The van der Waals surface area contributed by atoms with Crippen LogP contribution in [-0.4, -0.2) is 13.7 Å². The Labute approximate surface area is 112 Å². The van der Waals surface area contributed by atoms with Crippen LogP contribution in [0.3, 0.4) is 0 Å². The van der Waals surface area contributed by atoms with Crippen molar-refractivity contribution >= 4 is 0 Å². The fraction of sp³-hybridized carbons (Fsp3) is 0.625. The van der Waals surface area contributed by atoms with E-state index in [1.165, 1.54) is 11.1 Å². The van der Waals surface area contributed by atoms with E-state index in [0.29, 0.717) is 17.9 Å². The lowest BCUT2D eigenvalue weighted by atomic mass is 9.97. The topological polar surface area (TPSA) is 21.3 Å². The summed E-state index contributed by atoms with van der Waals surface area (Å²) in [6, 6.07) is 6.72. The number of hydrogen-bond donors (Lipinski definition) is 1. The van der Waals surface area contributed by atoms with Crippen molar-refractivity contribution < 1.29 is 4.74 Å². The second-order valence-electron chi connectivity index (χ2n) is 5.60. The molecule has 0 heterocycles. The summed E-state index contributed by atoms with van der Waals surface area (Å²) in [5.41, 5.74) is 2.47. The minimum Gasteiger partial charge on any atom is -0.496 e. The Morgan fingerprint density at radius 2 is 1.83 bits per heavy atom. The SMILES string of the molecule is COc1cc(C)ccc1C(C)NCC(C)C(C)C. The first-order valence-electron chi connectivity index (χ1n) is 6.83. The smallest absolute Gasteiger partial charge is 0.123 e. The quantitative estimate of drug-likeness (QED) is 0.824. The fourth-order valence-corrected chi connectivity index (χ4v) is 1.88. The Kier molecular flexibility index (Phi) is 5.67. The third-order valence-electron chi connectivity index (χ3n) is 3.74. The highest BCUT2D eigenvalue weighted by atomic mass is 16.5. The molecule has 2 unspecified atom stereocenters. The highest BCUT2D eigenvalue weighted by Crippen LogP contribution is 2.26. The van der Waals surface area contributed by atoms with Crippen LogP contribution in [0.4, 0.5) is 0 Å². The normalized spacial score (nSPS) is 14.6. The number of ether oxygens (including phenoxy) is 1.